The Bertz CT molecular complexity index is 353. The standard InChI is InChI=1S/C7H4BrN2/c8-5-2-1-3-6-7(5)10-4-9-6/h1-3H,(H,9,10). The van der Waals surface area contributed by atoms with E-state index in [0.29, 0.717) is 0 Å². The normalized spacial score (nSPS) is 10.5. The van der Waals surface area contributed by atoms with Gasteiger partial charge in [-0.1, -0.05) is 6.07 Å². The molecule has 0 aliphatic carbocycles. The fourth-order valence-corrected chi connectivity index (χ4v) is 1.33. The van der Waals surface area contributed by atoms with Gasteiger partial charge in [-0.3, -0.25) is 0 Å². The van der Waals surface area contributed by atoms with E-state index in [4.69, 9.17) is 0 Å². The van der Waals surface area contributed by atoms with Crippen LogP contribution in [-0.2, 0) is 0 Å². The average Bonchev–Trinajstić information content (AvgIpc) is 2.36. The number of imidazole rings is 1. The fourth-order valence-electron chi connectivity index (χ4n) is 0.874. The summed E-state index contributed by atoms with van der Waals surface area (Å²) in [6, 6.07) is 5.85. The van der Waals surface area contributed by atoms with Crippen LogP contribution in [0.2, 0.25) is 0 Å². The first kappa shape index (κ1) is 5.92. The van der Waals surface area contributed by atoms with Crippen molar-refractivity contribution < 1.29 is 0 Å². The molecule has 0 amide bonds. The second kappa shape index (κ2) is 2.09. The molecule has 10 heavy (non-hydrogen) atoms. The Morgan fingerprint density at radius 3 is 3.20 bits per heavy atom. The first-order chi connectivity index (χ1) is 4.88. The molecule has 1 N–H and O–H groups in total. The molecule has 0 aliphatic heterocycles. The van der Waals surface area contributed by atoms with E-state index in [0.717, 1.165) is 15.5 Å². The van der Waals surface area contributed by atoms with Gasteiger partial charge in [0.1, 0.15) is 0 Å². The summed E-state index contributed by atoms with van der Waals surface area (Å²) in [6.07, 6.45) is 2.67. The molecule has 49 valence electrons. The summed E-state index contributed by atoms with van der Waals surface area (Å²) in [6.45, 7) is 0. The summed E-state index contributed by atoms with van der Waals surface area (Å²) in [4.78, 5) is 6.87. The highest BCUT2D eigenvalue weighted by Gasteiger charge is 1.97. The Kier molecular flexibility index (Phi) is 1.24. The SMILES string of the molecule is Brc1cccc2n[c][nH]c12. The minimum absolute atomic E-state index is 0.939. The Labute approximate surface area is 66.4 Å². The van der Waals surface area contributed by atoms with Gasteiger partial charge in [0.2, 0.25) is 0 Å². The number of hydrogen-bond donors (Lipinski definition) is 1. The second-order valence-corrected chi connectivity index (χ2v) is 2.84. The maximum absolute atomic E-state index is 3.97. The zero-order chi connectivity index (χ0) is 6.97. The lowest BCUT2D eigenvalue weighted by Crippen LogP contribution is -1.68. The van der Waals surface area contributed by atoms with Gasteiger partial charge in [0.25, 0.3) is 0 Å². The molecule has 0 aliphatic rings. The molecule has 2 nitrogen and oxygen atoms in total. The van der Waals surface area contributed by atoms with Crippen LogP contribution in [0, 0.1) is 6.33 Å². The highest BCUT2D eigenvalue weighted by molar-refractivity contribution is 9.10. The number of fused-ring (bicyclic) bond motifs is 1. The van der Waals surface area contributed by atoms with Gasteiger partial charge in [0, 0.05) is 4.47 Å². The van der Waals surface area contributed by atoms with Gasteiger partial charge in [-0.05, 0) is 28.1 Å². The second-order valence-electron chi connectivity index (χ2n) is 1.98. The number of halogens is 1. The highest BCUT2D eigenvalue weighted by atomic mass is 79.9. The van der Waals surface area contributed by atoms with Crippen LogP contribution >= 0.6 is 15.9 Å². The third-order valence-electron chi connectivity index (χ3n) is 1.35. The summed E-state index contributed by atoms with van der Waals surface area (Å²) >= 11 is 3.38. The third kappa shape index (κ3) is 0.743. The predicted octanol–water partition coefficient (Wildman–Crippen LogP) is 2.13. The molecule has 0 atom stereocenters. The van der Waals surface area contributed by atoms with Gasteiger partial charge in [-0.2, -0.15) is 0 Å². The zero-order valence-corrected chi connectivity index (χ0v) is 6.64. The van der Waals surface area contributed by atoms with Gasteiger partial charge in [0.05, 0.1) is 11.0 Å². The van der Waals surface area contributed by atoms with Crippen molar-refractivity contribution in [1.29, 1.82) is 0 Å². The number of aromatic amines is 1. The number of nitrogens with one attached hydrogen (secondary N) is 1. The lowest BCUT2D eigenvalue weighted by atomic mass is 10.3. The van der Waals surface area contributed by atoms with Crippen molar-refractivity contribution in [1.82, 2.24) is 9.97 Å². The molecule has 2 rings (SSSR count). The van der Waals surface area contributed by atoms with Crippen LogP contribution in [0.4, 0.5) is 0 Å². The molecule has 2 aromatic rings. The van der Waals surface area contributed by atoms with E-state index in [-0.39, 0.29) is 0 Å². The van der Waals surface area contributed by atoms with Crippen LogP contribution in [-0.4, -0.2) is 9.97 Å². The summed E-state index contributed by atoms with van der Waals surface area (Å²) in [5, 5.41) is 0. The Balaban J connectivity index is 2.95. The summed E-state index contributed by atoms with van der Waals surface area (Å²) in [7, 11) is 0. The van der Waals surface area contributed by atoms with E-state index >= 15 is 0 Å². The average molecular weight is 196 g/mol. The Morgan fingerprint density at radius 1 is 1.50 bits per heavy atom. The first-order valence-electron chi connectivity index (χ1n) is 2.88. The molecule has 0 unspecified atom stereocenters. The van der Waals surface area contributed by atoms with Crippen molar-refractivity contribution in [3.63, 3.8) is 0 Å². The van der Waals surface area contributed by atoms with Gasteiger partial charge in [-0.15, -0.1) is 0 Å². The van der Waals surface area contributed by atoms with E-state index in [1.54, 1.807) is 0 Å². The van der Waals surface area contributed by atoms with E-state index < -0.39 is 0 Å². The quantitative estimate of drug-likeness (QED) is 0.686. The number of benzene rings is 1. The summed E-state index contributed by atoms with van der Waals surface area (Å²) in [5.41, 5.74) is 1.94. The maximum Gasteiger partial charge on any atom is 0.174 e. The molecule has 0 bridgehead atoms. The van der Waals surface area contributed by atoms with Gasteiger partial charge in [-0.25, -0.2) is 4.98 Å². The molecule has 0 fully saturated rings. The number of aromatic nitrogens is 2. The molecule has 1 aromatic heterocycles. The minimum atomic E-state index is 0.939. The van der Waals surface area contributed by atoms with E-state index in [2.05, 4.69) is 32.2 Å². The third-order valence-corrected chi connectivity index (χ3v) is 2.01. The van der Waals surface area contributed by atoms with Gasteiger partial charge in [0.15, 0.2) is 6.33 Å². The van der Waals surface area contributed by atoms with E-state index in [1.165, 1.54) is 0 Å². The lowest BCUT2D eigenvalue weighted by Gasteiger charge is -1.88. The molecule has 0 saturated heterocycles. The molecular formula is C7H4BrN2. The molecule has 3 heteroatoms. The van der Waals surface area contributed by atoms with Crippen molar-refractivity contribution in [3.8, 4) is 0 Å². The van der Waals surface area contributed by atoms with Crippen LogP contribution in [0.1, 0.15) is 0 Å². The number of H-pyrrole nitrogens is 1. The number of para-hydroxylation sites is 1. The highest BCUT2D eigenvalue weighted by Crippen LogP contribution is 2.19. The number of hydrogen-bond acceptors (Lipinski definition) is 1. The molecule has 0 spiro atoms. The minimum Gasteiger partial charge on any atom is -0.334 e. The Hall–Kier alpha value is -0.830. The fraction of sp³-hybridized carbons (Fsp3) is 0. The van der Waals surface area contributed by atoms with Crippen LogP contribution in [0.25, 0.3) is 11.0 Å². The molecular weight excluding hydrogens is 192 g/mol. The predicted molar refractivity (Wildman–Crippen MR) is 42.6 cm³/mol. The summed E-state index contributed by atoms with van der Waals surface area (Å²) < 4.78 is 1.03. The van der Waals surface area contributed by atoms with E-state index in [1.807, 2.05) is 18.2 Å². The topological polar surface area (TPSA) is 28.7 Å². The van der Waals surface area contributed by atoms with Crippen molar-refractivity contribution in [2.24, 2.45) is 0 Å². The maximum atomic E-state index is 3.97. The smallest absolute Gasteiger partial charge is 0.174 e. The van der Waals surface area contributed by atoms with Gasteiger partial charge >= 0.3 is 0 Å². The van der Waals surface area contributed by atoms with Crippen molar-refractivity contribution in [3.05, 3.63) is 29.0 Å². The molecule has 1 heterocycles. The number of rotatable bonds is 0. The van der Waals surface area contributed by atoms with Crippen LogP contribution in [0.15, 0.2) is 22.7 Å². The van der Waals surface area contributed by atoms with Crippen LogP contribution in [0.3, 0.4) is 0 Å². The Morgan fingerprint density at radius 2 is 2.40 bits per heavy atom. The number of nitrogens with zero attached hydrogens (tertiary/aromatic N) is 1. The van der Waals surface area contributed by atoms with Crippen molar-refractivity contribution in [2.45, 2.75) is 0 Å². The molecule has 1 aromatic carbocycles. The van der Waals surface area contributed by atoms with Gasteiger partial charge < -0.3 is 4.98 Å². The zero-order valence-electron chi connectivity index (χ0n) is 5.06. The van der Waals surface area contributed by atoms with Crippen LogP contribution in [0.5, 0.6) is 0 Å². The largest absolute Gasteiger partial charge is 0.334 e. The van der Waals surface area contributed by atoms with Crippen LogP contribution < -0.4 is 0 Å². The first-order valence-corrected chi connectivity index (χ1v) is 3.67. The summed E-state index contributed by atoms with van der Waals surface area (Å²) in [5.74, 6) is 0. The molecule has 0 saturated carbocycles. The lowest BCUT2D eigenvalue weighted by molar-refractivity contribution is 1.32. The molecule has 1 radical (unpaired) electrons. The monoisotopic (exact) mass is 195 g/mol. The van der Waals surface area contributed by atoms with E-state index in [9.17, 15) is 0 Å². The van der Waals surface area contributed by atoms with Crippen molar-refractivity contribution in [2.75, 3.05) is 0 Å². The van der Waals surface area contributed by atoms with Crippen molar-refractivity contribution >= 4 is 27.0 Å².